The zero-order chi connectivity index (χ0) is 10.3. The highest BCUT2D eigenvalue weighted by molar-refractivity contribution is 5.62. The fourth-order valence-corrected chi connectivity index (χ4v) is 2.17. The average Bonchev–Trinajstić information content (AvgIpc) is 2.16. The van der Waals surface area contributed by atoms with Crippen LogP contribution in [-0.2, 0) is 0 Å². The van der Waals surface area contributed by atoms with Gasteiger partial charge >= 0.3 is 0 Å². The first-order valence-electron chi connectivity index (χ1n) is 5.21. The smallest absolute Gasteiger partial charge is 0.0421 e. The van der Waals surface area contributed by atoms with Crippen molar-refractivity contribution in [3.8, 4) is 0 Å². The van der Waals surface area contributed by atoms with E-state index in [-0.39, 0.29) is 6.04 Å². The Balaban J connectivity index is 2.58. The summed E-state index contributed by atoms with van der Waals surface area (Å²) in [5.74, 6) is 0.517. The van der Waals surface area contributed by atoms with Gasteiger partial charge in [-0.1, -0.05) is 19.1 Å². The van der Waals surface area contributed by atoms with E-state index in [0.717, 1.165) is 6.54 Å². The summed E-state index contributed by atoms with van der Waals surface area (Å²) in [5.41, 5.74) is 11.4. The van der Waals surface area contributed by atoms with E-state index in [9.17, 15) is 0 Å². The second-order valence-electron chi connectivity index (χ2n) is 4.37. The minimum atomic E-state index is 0.186. The van der Waals surface area contributed by atoms with E-state index in [1.54, 1.807) is 0 Å². The maximum absolute atomic E-state index is 6.22. The van der Waals surface area contributed by atoms with E-state index in [2.05, 4.69) is 38.2 Å². The Morgan fingerprint density at radius 3 is 2.64 bits per heavy atom. The van der Waals surface area contributed by atoms with Crippen molar-refractivity contribution in [3.63, 3.8) is 0 Å². The zero-order valence-electron chi connectivity index (χ0n) is 9.09. The maximum Gasteiger partial charge on any atom is 0.0421 e. The third-order valence-electron chi connectivity index (χ3n) is 3.22. The number of rotatable bonds is 0. The Bertz CT molecular complexity index is 358. The number of nitrogens with two attached hydrogens (primary N) is 1. The molecule has 0 bridgehead atoms. The lowest BCUT2D eigenvalue weighted by Crippen LogP contribution is -2.32. The van der Waals surface area contributed by atoms with Crippen LogP contribution < -0.4 is 11.1 Å². The van der Waals surface area contributed by atoms with E-state index in [1.807, 2.05) is 0 Å². The Labute approximate surface area is 85.5 Å². The first kappa shape index (κ1) is 9.53. The Kier molecular flexibility index (Phi) is 2.23. The quantitative estimate of drug-likeness (QED) is 0.659. The summed E-state index contributed by atoms with van der Waals surface area (Å²) >= 11 is 0. The van der Waals surface area contributed by atoms with Crippen LogP contribution in [0.3, 0.4) is 0 Å². The molecule has 1 aliphatic heterocycles. The molecule has 1 aromatic rings. The molecule has 0 spiro atoms. The predicted molar refractivity (Wildman–Crippen MR) is 60.5 cm³/mol. The number of benzene rings is 1. The van der Waals surface area contributed by atoms with Crippen molar-refractivity contribution in [2.75, 3.05) is 11.9 Å². The second kappa shape index (κ2) is 3.28. The monoisotopic (exact) mass is 190 g/mol. The van der Waals surface area contributed by atoms with Crippen LogP contribution in [-0.4, -0.2) is 6.54 Å². The number of aryl methyl sites for hydroxylation is 2. The molecule has 0 fully saturated rings. The van der Waals surface area contributed by atoms with Gasteiger partial charge in [-0.3, -0.25) is 0 Å². The first-order valence-corrected chi connectivity index (χ1v) is 5.21. The minimum Gasteiger partial charge on any atom is -0.384 e. The van der Waals surface area contributed by atoms with Crippen LogP contribution in [0.4, 0.5) is 5.69 Å². The normalized spacial score (nSPS) is 25.4. The lowest BCUT2D eigenvalue weighted by Gasteiger charge is -2.32. The summed E-state index contributed by atoms with van der Waals surface area (Å²) < 4.78 is 0. The third-order valence-corrected chi connectivity index (χ3v) is 3.22. The van der Waals surface area contributed by atoms with E-state index in [4.69, 9.17) is 5.73 Å². The molecule has 0 amide bonds. The van der Waals surface area contributed by atoms with Crippen molar-refractivity contribution in [2.24, 2.45) is 11.7 Å². The van der Waals surface area contributed by atoms with E-state index in [0.29, 0.717) is 5.92 Å². The molecule has 2 rings (SSSR count). The van der Waals surface area contributed by atoms with Gasteiger partial charge in [-0.15, -0.1) is 0 Å². The van der Waals surface area contributed by atoms with Crippen molar-refractivity contribution in [3.05, 3.63) is 28.8 Å². The average molecular weight is 190 g/mol. The molecule has 1 aliphatic rings. The molecule has 3 N–H and O–H groups in total. The van der Waals surface area contributed by atoms with Crippen molar-refractivity contribution in [1.82, 2.24) is 0 Å². The number of nitrogens with one attached hydrogen (secondary N) is 1. The molecular formula is C12H18N2. The molecule has 76 valence electrons. The summed E-state index contributed by atoms with van der Waals surface area (Å²) in [6, 6.07) is 4.50. The van der Waals surface area contributed by atoms with E-state index < -0.39 is 0 Å². The molecule has 2 heteroatoms. The van der Waals surface area contributed by atoms with Crippen LogP contribution >= 0.6 is 0 Å². The van der Waals surface area contributed by atoms with Gasteiger partial charge in [-0.25, -0.2) is 0 Å². The molecule has 1 aromatic carbocycles. The molecule has 2 nitrogen and oxygen atoms in total. The largest absolute Gasteiger partial charge is 0.384 e. The summed E-state index contributed by atoms with van der Waals surface area (Å²) in [4.78, 5) is 0. The molecule has 0 aliphatic carbocycles. The lowest BCUT2D eigenvalue weighted by atomic mass is 9.86. The molecule has 14 heavy (non-hydrogen) atoms. The lowest BCUT2D eigenvalue weighted by molar-refractivity contribution is 0.477. The Morgan fingerprint density at radius 1 is 1.29 bits per heavy atom. The highest BCUT2D eigenvalue weighted by Crippen LogP contribution is 2.35. The maximum atomic E-state index is 6.22. The first-order chi connectivity index (χ1) is 6.61. The molecule has 0 aromatic heterocycles. The van der Waals surface area contributed by atoms with Crippen LogP contribution in [0, 0.1) is 19.8 Å². The molecular weight excluding hydrogens is 172 g/mol. The zero-order valence-corrected chi connectivity index (χ0v) is 9.09. The number of hydrogen-bond donors (Lipinski definition) is 2. The highest BCUT2D eigenvalue weighted by Gasteiger charge is 2.25. The van der Waals surface area contributed by atoms with E-state index in [1.165, 1.54) is 22.4 Å². The number of hydrogen-bond acceptors (Lipinski definition) is 2. The second-order valence-corrected chi connectivity index (χ2v) is 4.37. The molecule has 2 unspecified atom stereocenters. The van der Waals surface area contributed by atoms with Gasteiger partial charge in [0.15, 0.2) is 0 Å². The summed E-state index contributed by atoms with van der Waals surface area (Å²) in [5, 5.41) is 3.47. The fraction of sp³-hybridized carbons (Fsp3) is 0.500. The highest BCUT2D eigenvalue weighted by atomic mass is 14.9. The SMILES string of the molecule is Cc1ccc(C)c2c1NCC(C)C2N. The van der Waals surface area contributed by atoms with Gasteiger partial charge in [0, 0.05) is 18.3 Å². The van der Waals surface area contributed by atoms with Gasteiger partial charge < -0.3 is 11.1 Å². The van der Waals surface area contributed by atoms with Crippen molar-refractivity contribution in [2.45, 2.75) is 26.8 Å². The van der Waals surface area contributed by atoms with Crippen LogP contribution in [0.15, 0.2) is 12.1 Å². The summed E-state index contributed by atoms with van der Waals surface area (Å²) in [6.45, 7) is 7.45. The summed E-state index contributed by atoms with van der Waals surface area (Å²) in [6.07, 6.45) is 0. The van der Waals surface area contributed by atoms with Crippen LogP contribution in [0.25, 0.3) is 0 Å². The van der Waals surface area contributed by atoms with Gasteiger partial charge in [0.1, 0.15) is 0 Å². The number of anilines is 1. The summed E-state index contributed by atoms with van der Waals surface area (Å²) in [7, 11) is 0. The molecule has 0 saturated heterocycles. The number of fused-ring (bicyclic) bond motifs is 1. The van der Waals surface area contributed by atoms with Crippen molar-refractivity contribution in [1.29, 1.82) is 0 Å². The third kappa shape index (κ3) is 1.30. The van der Waals surface area contributed by atoms with Gasteiger partial charge in [-0.05, 0) is 36.5 Å². The van der Waals surface area contributed by atoms with Crippen molar-refractivity contribution >= 4 is 5.69 Å². The van der Waals surface area contributed by atoms with E-state index >= 15 is 0 Å². The van der Waals surface area contributed by atoms with Gasteiger partial charge in [-0.2, -0.15) is 0 Å². The van der Waals surface area contributed by atoms with Crippen LogP contribution in [0.2, 0.25) is 0 Å². The molecule has 1 heterocycles. The molecule has 2 atom stereocenters. The molecule has 0 saturated carbocycles. The predicted octanol–water partition coefficient (Wildman–Crippen LogP) is 2.36. The van der Waals surface area contributed by atoms with Crippen LogP contribution in [0.5, 0.6) is 0 Å². The van der Waals surface area contributed by atoms with Gasteiger partial charge in [0.25, 0.3) is 0 Å². The Morgan fingerprint density at radius 2 is 1.93 bits per heavy atom. The standard InChI is InChI=1S/C12H18N2/c1-7-4-5-8(2)12-10(7)11(13)9(3)6-14-12/h4-5,9,11,14H,6,13H2,1-3H3. The minimum absolute atomic E-state index is 0.186. The Hall–Kier alpha value is -1.02. The fourth-order valence-electron chi connectivity index (χ4n) is 2.17. The van der Waals surface area contributed by atoms with Gasteiger partial charge in [0.2, 0.25) is 0 Å². The van der Waals surface area contributed by atoms with Gasteiger partial charge in [0.05, 0.1) is 0 Å². The topological polar surface area (TPSA) is 38.0 Å². The van der Waals surface area contributed by atoms with Crippen LogP contribution in [0.1, 0.15) is 29.7 Å². The van der Waals surface area contributed by atoms with Crippen molar-refractivity contribution < 1.29 is 0 Å². The molecule has 0 radical (unpaired) electrons.